The van der Waals surface area contributed by atoms with Crippen LogP contribution in [0.1, 0.15) is 0 Å². The minimum Gasteiger partial charge on any atom is -0.759 e. The SMILES string of the molecule is O.O.O.O.O.O.O.O.O=S(=O)([O-])[O-].O=S(=O)([O-])[O-].O=S(=O)([O-])[O-].[Y+3].[Y+3]. The molecule has 0 radical (unpaired) electrons. The Bertz CT molecular complexity index is 344. The van der Waals surface area contributed by atoms with E-state index >= 15 is 0 Å². The third-order valence-corrected chi connectivity index (χ3v) is 0. The first kappa shape index (κ1) is 94.6. The van der Waals surface area contributed by atoms with Gasteiger partial charge in [-0.05, 0) is 0 Å². The first-order chi connectivity index (χ1) is 6.00. The van der Waals surface area contributed by atoms with E-state index < -0.39 is 31.2 Å². The van der Waals surface area contributed by atoms with E-state index in [-0.39, 0.29) is 109 Å². The van der Waals surface area contributed by atoms with Gasteiger partial charge in [0.05, 0.1) is 0 Å². The van der Waals surface area contributed by atoms with Gasteiger partial charge < -0.3 is 71.1 Å². The first-order valence-corrected chi connectivity index (χ1v) is 6.00. The average Bonchev–Trinajstić information content (AvgIpc) is 1.41. The van der Waals surface area contributed by atoms with Crippen molar-refractivity contribution in [2.45, 2.75) is 0 Å². The van der Waals surface area contributed by atoms with Gasteiger partial charge in [0.25, 0.3) is 0 Å². The van der Waals surface area contributed by atoms with E-state index in [1.807, 2.05) is 0 Å². The summed E-state index contributed by atoms with van der Waals surface area (Å²) in [6.07, 6.45) is 0. The van der Waals surface area contributed by atoms with Crippen molar-refractivity contribution in [3.63, 3.8) is 0 Å². The van der Waals surface area contributed by atoms with Gasteiger partial charge in [-0.15, -0.1) is 0 Å². The van der Waals surface area contributed by atoms with Crippen molar-refractivity contribution in [2.24, 2.45) is 0 Å². The fourth-order valence-corrected chi connectivity index (χ4v) is 0. The van der Waals surface area contributed by atoms with Gasteiger partial charge in [-0.2, -0.15) is 0 Å². The Hall–Kier alpha value is 1.50. The molecule has 0 rings (SSSR count). The van der Waals surface area contributed by atoms with Crippen molar-refractivity contribution >= 4 is 31.2 Å². The average molecular weight is 610 g/mol. The van der Waals surface area contributed by atoms with Gasteiger partial charge in [0, 0.05) is 31.2 Å². The maximum atomic E-state index is 8.52. The van der Waals surface area contributed by atoms with E-state index in [9.17, 15) is 0 Å². The van der Waals surface area contributed by atoms with Gasteiger partial charge >= 0.3 is 65.4 Å². The molecule has 0 spiro atoms. The summed E-state index contributed by atoms with van der Waals surface area (Å²) in [6.45, 7) is 0. The molecule has 0 amide bonds. The van der Waals surface area contributed by atoms with Gasteiger partial charge in [-0.3, -0.25) is 25.3 Å². The van der Waals surface area contributed by atoms with Crippen LogP contribution >= 0.6 is 0 Å². The van der Waals surface area contributed by atoms with Crippen LogP contribution in [0.5, 0.6) is 0 Å². The standard InChI is InChI=1S/3H2O4S.8H2O.2Y/c3*1-5(2,3)4;;;;;;;;;;/h3*(H2,1,2,3,4);8*1H2;;/q;;;;;;;;;;;2*+3/p-6. The summed E-state index contributed by atoms with van der Waals surface area (Å²) < 4.78 is 102. The molecule has 0 aromatic carbocycles. The van der Waals surface area contributed by atoms with Crippen molar-refractivity contribution in [1.29, 1.82) is 0 Å². The van der Waals surface area contributed by atoms with Crippen LogP contribution in [0.4, 0.5) is 0 Å². The van der Waals surface area contributed by atoms with E-state index in [0.717, 1.165) is 0 Å². The predicted molar refractivity (Wildman–Crippen MR) is 60.3 cm³/mol. The summed E-state index contributed by atoms with van der Waals surface area (Å²) in [4.78, 5) is 0. The van der Waals surface area contributed by atoms with E-state index in [1.54, 1.807) is 0 Å². The van der Waals surface area contributed by atoms with E-state index in [4.69, 9.17) is 52.6 Å². The van der Waals surface area contributed by atoms with Crippen LogP contribution < -0.4 is 0 Å². The Labute approximate surface area is 191 Å². The molecule has 0 unspecified atom stereocenters. The van der Waals surface area contributed by atoms with Crippen molar-refractivity contribution in [3.05, 3.63) is 0 Å². The van der Waals surface area contributed by atoms with Crippen LogP contribution in [-0.4, -0.2) is 96.4 Å². The van der Waals surface area contributed by atoms with Crippen LogP contribution in [0.15, 0.2) is 0 Å². The van der Waals surface area contributed by atoms with Crippen molar-refractivity contribution in [2.75, 3.05) is 0 Å². The number of rotatable bonds is 0. The fourth-order valence-electron chi connectivity index (χ4n) is 0. The summed E-state index contributed by atoms with van der Waals surface area (Å²) >= 11 is 0. The summed E-state index contributed by atoms with van der Waals surface area (Å²) in [5, 5.41) is 0. The molecule has 0 heterocycles. The third kappa shape index (κ3) is 6280. The molecule has 25 heavy (non-hydrogen) atoms. The molecular formula is H16O20S3Y2. The molecule has 25 heteroatoms. The largest absolute Gasteiger partial charge is 3.00 e. The van der Waals surface area contributed by atoms with Gasteiger partial charge in [0.15, 0.2) is 0 Å². The monoisotopic (exact) mass is 610 g/mol. The quantitative estimate of drug-likeness (QED) is 0.182. The molecule has 0 fully saturated rings. The van der Waals surface area contributed by atoms with E-state index in [2.05, 4.69) is 0 Å². The second-order valence-electron chi connectivity index (χ2n) is 1.22. The molecule has 0 aliphatic rings. The van der Waals surface area contributed by atoms with E-state index in [1.165, 1.54) is 0 Å². The zero-order valence-corrected chi connectivity index (χ0v) is 19.4. The van der Waals surface area contributed by atoms with Crippen molar-refractivity contribution < 1.29 is 162 Å². The number of hydrogen-bond acceptors (Lipinski definition) is 12. The molecule has 0 aliphatic heterocycles. The van der Waals surface area contributed by atoms with Crippen molar-refractivity contribution in [3.8, 4) is 0 Å². The zero-order valence-electron chi connectivity index (χ0n) is 11.3. The first-order valence-electron chi connectivity index (χ1n) is 2.00. The Kier molecular flexibility index (Phi) is 152. The van der Waals surface area contributed by atoms with Gasteiger partial charge in [-0.1, -0.05) is 0 Å². The number of hydrogen-bond donors (Lipinski definition) is 0. The van der Waals surface area contributed by atoms with Crippen molar-refractivity contribution in [1.82, 2.24) is 0 Å². The predicted octanol–water partition coefficient (Wildman–Crippen LogP) is -10.6. The van der Waals surface area contributed by atoms with Gasteiger partial charge in [-0.25, -0.2) is 0 Å². The molecule has 0 saturated carbocycles. The Morgan fingerprint density at radius 2 is 0.320 bits per heavy atom. The molecule has 0 atom stereocenters. The smallest absolute Gasteiger partial charge is 0.759 e. The molecule has 0 aliphatic carbocycles. The maximum Gasteiger partial charge on any atom is 3.00 e. The third-order valence-electron chi connectivity index (χ3n) is 0. The molecule has 0 aromatic heterocycles. The normalized spacial score (nSPS) is 6.96. The van der Waals surface area contributed by atoms with Crippen LogP contribution in [0.2, 0.25) is 0 Å². The summed E-state index contributed by atoms with van der Waals surface area (Å²) in [6, 6.07) is 0. The van der Waals surface area contributed by atoms with Gasteiger partial charge in [0.1, 0.15) is 0 Å². The molecule has 160 valence electrons. The van der Waals surface area contributed by atoms with Gasteiger partial charge in [0.2, 0.25) is 0 Å². The Morgan fingerprint density at radius 3 is 0.320 bits per heavy atom. The fraction of sp³-hybridized carbons (Fsp3) is 0. The summed E-state index contributed by atoms with van der Waals surface area (Å²) in [5.74, 6) is 0. The van der Waals surface area contributed by atoms with E-state index in [0.29, 0.717) is 0 Å². The minimum atomic E-state index is -5.17. The summed E-state index contributed by atoms with van der Waals surface area (Å²) in [5.41, 5.74) is 0. The molecule has 20 nitrogen and oxygen atoms in total. The minimum absolute atomic E-state index is 0. The molecule has 0 aromatic rings. The Balaban J connectivity index is -0.00000000655. The maximum absolute atomic E-state index is 8.52. The molecule has 16 N–H and O–H groups in total. The molecule has 0 bridgehead atoms. The topological polar surface area (TPSA) is 493 Å². The Morgan fingerprint density at radius 1 is 0.320 bits per heavy atom. The second-order valence-corrected chi connectivity index (χ2v) is 3.67. The van der Waals surface area contributed by atoms with Crippen LogP contribution in [0.25, 0.3) is 0 Å². The zero-order chi connectivity index (χ0) is 13.5. The molecular weight excluding hydrogens is 594 g/mol. The summed E-state index contributed by atoms with van der Waals surface area (Å²) in [7, 11) is -15.5. The van der Waals surface area contributed by atoms with Crippen LogP contribution in [-0.2, 0) is 96.6 Å². The second kappa shape index (κ2) is 40.3. The van der Waals surface area contributed by atoms with Crippen LogP contribution in [0.3, 0.4) is 0 Å². The molecule has 0 saturated heterocycles. The van der Waals surface area contributed by atoms with Crippen LogP contribution in [0, 0.1) is 0 Å².